The lowest BCUT2D eigenvalue weighted by Gasteiger charge is -1.94. The largest absolute Gasteiger partial charge is 0.251 e. The molecule has 0 fully saturated rings. The first kappa shape index (κ1) is 8.67. The number of hydrogen-bond acceptors (Lipinski definition) is 0. The second-order valence-corrected chi connectivity index (χ2v) is 2.28. The molecule has 0 heterocycles. The SMILES string of the molecule is CCC/C(C)=C\CCF. The summed E-state index contributed by atoms with van der Waals surface area (Å²) in [4.78, 5) is 0. The monoisotopic (exact) mass is 130 g/mol. The van der Waals surface area contributed by atoms with Crippen molar-refractivity contribution in [3.05, 3.63) is 11.6 Å². The van der Waals surface area contributed by atoms with E-state index in [4.69, 9.17) is 0 Å². The Morgan fingerprint density at radius 3 is 2.67 bits per heavy atom. The van der Waals surface area contributed by atoms with Gasteiger partial charge in [0.2, 0.25) is 0 Å². The van der Waals surface area contributed by atoms with E-state index >= 15 is 0 Å². The van der Waals surface area contributed by atoms with Crippen LogP contribution in [0.25, 0.3) is 0 Å². The molecule has 0 aromatic heterocycles. The van der Waals surface area contributed by atoms with Gasteiger partial charge in [-0.1, -0.05) is 25.0 Å². The summed E-state index contributed by atoms with van der Waals surface area (Å²) in [7, 11) is 0. The number of alkyl halides is 1. The van der Waals surface area contributed by atoms with Crippen LogP contribution in [0.4, 0.5) is 4.39 Å². The quantitative estimate of drug-likeness (QED) is 0.513. The lowest BCUT2D eigenvalue weighted by atomic mass is 10.1. The van der Waals surface area contributed by atoms with Gasteiger partial charge >= 0.3 is 0 Å². The van der Waals surface area contributed by atoms with E-state index in [0.717, 1.165) is 12.8 Å². The fourth-order valence-corrected chi connectivity index (χ4v) is 0.797. The molecule has 0 rings (SSSR count). The molecule has 0 aliphatic carbocycles. The third kappa shape index (κ3) is 5.54. The van der Waals surface area contributed by atoms with Gasteiger partial charge < -0.3 is 0 Å². The zero-order valence-electron chi connectivity index (χ0n) is 6.28. The van der Waals surface area contributed by atoms with E-state index < -0.39 is 0 Å². The summed E-state index contributed by atoms with van der Waals surface area (Å²) in [5.41, 5.74) is 1.31. The average Bonchev–Trinajstić information content (AvgIpc) is 1.85. The van der Waals surface area contributed by atoms with Crippen molar-refractivity contribution in [1.29, 1.82) is 0 Å². The minimum atomic E-state index is -0.221. The Kier molecular flexibility index (Phi) is 5.59. The van der Waals surface area contributed by atoms with Gasteiger partial charge in [0.25, 0.3) is 0 Å². The molecule has 0 atom stereocenters. The highest BCUT2D eigenvalue weighted by atomic mass is 19.1. The Labute approximate surface area is 56.8 Å². The van der Waals surface area contributed by atoms with Crippen molar-refractivity contribution < 1.29 is 4.39 Å². The number of allylic oxidation sites excluding steroid dienone is 2. The standard InChI is InChI=1S/C8H15F/c1-3-5-8(2)6-4-7-9/h6H,3-5,7H2,1-2H3/b8-6-. The van der Waals surface area contributed by atoms with Crippen LogP contribution >= 0.6 is 0 Å². The highest BCUT2D eigenvalue weighted by Crippen LogP contribution is 2.03. The number of hydrogen-bond donors (Lipinski definition) is 0. The first-order valence-corrected chi connectivity index (χ1v) is 3.52. The molecule has 0 aromatic rings. The highest BCUT2D eigenvalue weighted by molar-refractivity contribution is 4.96. The van der Waals surface area contributed by atoms with Crippen molar-refractivity contribution in [3.63, 3.8) is 0 Å². The van der Waals surface area contributed by atoms with Crippen LogP contribution in [0.15, 0.2) is 11.6 Å². The van der Waals surface area contributed by atoms with Crippen LogP contribution in [0.1, 0.15) is 33.1 Å². The molecule has 1 heteroatoms. The molecule has 9 heavy (non-hydrogen) atoms. The molecule has 0 nitrogen and oxygen atoms in total. The Balaban J connectivity index is 3.30. The highest BCUT2D eigenvalue weighted by Gasteiger charge is 1.85. The molecule has 0 amide bonds. The molecule has 0 unspecified atom stereocenters. The third-order valence-corrected chi connectivity index (χ3v) is 1.25. The lowest BCUT2D eigenvalue weighted by Crippen LogP contribution is -1.76. The first-order valence-electron chi connectivity index (χ1n) is 3.52. The van der Waals surface area contributed by atoms with E-state index in [9.17, 15) is 4.39 Å². The molecule has 0 saturated heterocycles. The van der Waals surface area contributed by atoms with Gasteiger partial charge in [-0.2, -0.15) is 0 Å². The maximum Gasteiger partial charge on any atom is 0.0928 e. The first-order chi connectivity index (χ1) is 4.31. The van der Waals surface area contributed by atoms with Crippen molar-refractivity contribution in [3.8, 4) is 0 Å². The predicted octanol–water partition coefficient (Wildman–Crippen LogP) is 3.09. The minimum Gasteiger partial charge on any atom is -0.251 e. The van der Waals surface area contributed by atoms with Crippen molar-refractivity contribution in [2.75, 3.05) is 6.67 Å². The minimum absolute atomic E-state index is 0.221. The van der Waals surface area contributed by atoms with Crippen LogP contribution in [0.3, 0.4) is 0 Å². The van der Waals surface area contributed by atoms with Crippen LogP contribution in [0, 0.1) is 0 Å². The van der Waals surface area contributed by atoms with Crippen LogP contribution in [-0.4, -0.2) is 6.67 Å². The number of halogens is 1. The van der Waals surface area contributed by atoms with Crippen LogP contribution in [0.5, 0.6) is 0 Å². The van der Waals surface area contributed by atoms with E-state index in [2.05, 4.69) is 13.8 Å². The maximum absolute atomic E-state index is 11.5. The number of rotatable bonds is 4. The summed E-state index contributed by atoms with van der Waals surface area (Å²) < 4.78 is 11.5. The van der Waals surface area contributed by atoms with Crippen molar-refractivity contribution in [2.45, 2.75) is 33.1 Å². The molecular weight excluding hydrogens is 115 g/mol. The fraction of sp³-hybridized carbons (Fsp3) is 0.750. The Hall–Kier alpha value is -0.330. The van der Waals surface area contributed by atoms with Crippen LogP contribution in [-0.2, 0) is 0 Å². The topological polar surface area (TPSA) is 0 Å². The average molecular weight is 130 g/mol. The van der Waals surface area contributed by atoms with E-state index in [0.29, 0.717) is 6.42 Å². The zero-order valence-corrected chi connectivity index (χ0v) is 6.28. The molecule has 0 N–H and O–H groups in total. The fourth-order valence-electron chi connectivity index (χ4n) is 0.797. The van der Waals surface area contributed by atoms with Crippen molar-refractivity contribution >= 4 is 0 Å². The van der Waals surface area contributed by atoms with Crippen LogP contribution in [0.2, 0.25) is 0 Å². The summed E-state index contributed by atoms with van der Waals surface area (Å²) in [6.45, 7) is 3.97. The summed E-state index contributed by atoms with van der Waals surface area (Å²) in [5.74, 6) is 0. The smallest absolute Gasteiger partial charge is 0.0928 e. The van der Waals surface area contributed by atoms with E-state index in [1.807, 2.05) is 6.08 Å². The summed E-state index contributed by atoms with van der Waals surface area (Å²) >= 11 is 0. The maximum atomic E-state index is 11.5. The van der Waals surface area contributed by atoms with Gasteiger partial charge in [-0.05, 0) is 19.8 Å². The molecular formula is C8H15F. The second-order valence-electron chi connectivity index (χ2n) is 2.28. The molecule has 0 aliphatic heterocycles. The predicted molar refractivity (Wildman–Crippen MR) is 39.3 cm³/mol. The van der Waals surface area contributed by atoms with Crippen molar-refractivity contribution in [2.24, 2.45) is 0 Å². The molecule has 0 saturated carbocycles. The van der Waals surface area contributed by atoms with Gasteiger partial charge in [-0.15, -0.1) is 0 Å². The van der Waals surface area contributed by atoms with Gasteiger partial charge in [0.1, 0.15) is 0 Å². The molecule has 0 aromatic carbocycles. The van der Waals surface area contributed by atoms with Gasteiger partial charge in [0, 0.05) is 0 Å². The summed E-state index contributed by atoms with van der Waals surface area (Å²) in [5, 5.41) is 0. The summed E-state index contributed by atoms with van der Waals surface area (Å²) in [6.07, 6.45) is 4.84. The lowest BCUT2D eigenvalue weighted by molar-refractivity contribution is 0.500. The zero-order chi connectivity index (χ0) is 7.11. The molecule has 0 aliphatic rings. The Bertz CT molecular complexity index is 84.6. The van der Waals surface area contributed by atoms with E-state index in [1.54, 1.807) is 0 Å². The normalized spacial score (nSPS) is 12.1. The third-order valence-electron chi connectivity index (χ3n) is 1.25. The van der Waals surface area contributed by atoms with Gasteiger partial charge in [0.05, 0.1) is 6.67 Å². The van der Waals surface area contributed by atoms with Gasteiger partial charge in [-0.3, -0.25) is 4.39 Å². The molecule has 0 spiro atoms. The van der Waals surface area contributed by atoms with E-state index in [-0.39, 0.29) is 6.67 Å². The molecule has 54 valence electrons. The van der Waals surface area contributed by atoms with Crippen molar-refractivity contribution in [1.82, 2.24) is 0 Å². The Morgan fingerprint density at radius 2 is 2.22 bits per heavy atom. The summed E-state index contributed by atoms with van der Waals surface area (Å²) in [6, 6.07) is 0. The van der Waals surface area contributed by atoms with Gasteiger partial charge in [-0.25, -0.2) is 0 Å². The van der Waals surface area contributed by atoms with E-state index in [1.165, 1.54) is 5.57 Å². The molecule has 0 radical (unpaired) electrons. The molecule has 0 bridgehead atoms. The van der Waals surface area contributed by atoms with Crippen LogP contribution < -0.4 is 0 Å². The van der Waals surface area contributed by atoms with Gasteiger partial charge in [0.15, 0.2) is 0 Å². The second kappa shape index (κ2) is 5.80. The Morgan fingerprint density at radius 1 is 1.56 bits per heavy atom.